The van der Waals surface area contributed by atoms with Crippen LogP contribution in [0, 0.1) is 5.92 Å². The average Bonchev–Trinajstić information content (AvgIpc) is 2.89. The lowest BCUT2D eigenvalue weighted by Crippen LogP contribution is -2.36. The van der Waals surface area contributed by atoms with Crippen LogP contribution < -0.4 is 5.73 Å². The highest BCUT2D eigenvalue weighted by molar-refractivity contribution is 5.06. The number of rotatable bonds is 7. The summed E-state index contributed by atoms with van der Waals surface area (Å²) in [6.07, 6.45) is 12.1. The van der Waals surface area contributed by atoms with Crippen LogP contribution in [0.3, 0.4) is 0 Å². The Balaban J connectivity index is 2.00. The molecule has 1 heterocycles. The van der Waals surface area contributed by atoms with Gasteiger partial charge in [-0.25, -0.2) is 4.98 Å². The lowest BCUT2D eigenvalue weighted by atomic mass is 9.88. The molecule has 1 unspecified atom stereocenters. The van der Waals surface area contributed by atoms with Gasteiger partial charge in [-0.3, -0.25) is 4.90 Å². The van der Waals surface area contributed by atoms with Crippen LogP contribution in [-0.2, 0) is 6.54 Å². The van der Waals surface area contributed by atoms with Crippen LogP contribution in [-0.4, -0.2) is 34.6 Å². The molecule has 1 atom stereocenters. The molecule has 2 N–H and O–H groups in total. The van der Waals surface area contributed by atoms with Crippen LogP contribution in [0.1, 0.15) is 57.2 Å². The number of hydrogen-bond acceptors (Lipinski definition) is 3. The zero-order valence-electron chi connectivity index (χ0n) is 13.1. The minimum Gasteiger partial charge on any atom is -0.333 e. The summed E-state index contributed by atoms with van der Waals surface area (Å²) in [5, 5.41) is 0. The number of nitrogens with zero attached hydrogens (tertiary/aromatic N) is 3. The maximum absolute atomic E-state index is 6.05. The molecule has 0 aliphatic heterocycles. The lowest BCUT2D eigenvalue weighted by molar-refractivity contribution is 0.180. The van der Waals surface area contributed by atoms with Crippen molar-refractivity contribution < 1.29 is 0 Å². The topological polar surface area (TPSA) is 47.1 Å². The van der Waals surface area contributed by atoms with E-state index in [2.05, 4.69) is 28.4 Å². The first-order valence-corrected chi connectivity index (χ1v) is 8.16. The quantitative estimate of drug-likeness (QED) is 0.834. The minimum absolute atomic E-state index is 0.297. The van der Waals surface area contributed by atoms with E-state index in [1.165, 1.54) is 44.3 Å². The van der Waals surface area contributed by atoms with Gasteiger partial charge in [-0.1, -0.05) is 26.2 Å². The van der Waals surface area contributed by atoms with Crippen LogP contribution in [0.5, 0.6) is 0 Å². The standard InChI is InChI=1S/C16H30N4/c1-3-9-20-13-18-11-16(20)15(10-17)19(2)12-14-7-5-4-6-8-14/h11,13-15H,3-10,12,17H2,1-2H3. The van der Waals surface area contributed by atoms with Crippen LogP contribution in [0.15, 0.2) is 12.5 Å². The van der Waals surface area contributed by atoms with Crippen molar-refractivity contribution >= 4 is 0 Å². The molecule has 1 saturated carbocycles. The Bertz CT molecular complexity index is 382. The summed E-state index contributed by atoms with van der Waals surface area (Å²) in [4.78, 5) is 6.76. The first-order chi connectivity index (χ1) is 9.76. The van der Waals surface area contributed by atoms with Gasteiger partial charge in [0.25, 0.3) is 0 Å². The molecule has 0 amide bonds. The molecule has 0 saturated heterocycles. The third kappa shape index (κ3) is 3.83. The Morgan fingerprint density at radius 1 is 1.40 bits per heavy atom. The van der Waals surface area contributed by atoms with E-state index >= 15 is 0 Å². The maximum atomic E-state index is 6.05. The van der Waals surface area contributed by atoms with Crippen molar-refractivity contribution in [3.8, 4) is 0 Å². The highest BCUT2D eigenvalue weighted by atomic mass is 15.2. The molecule has 2 rings (SSSR count). The van der Waals surface area contributed by atoms with E-state index in [4.69, 9.17) is 5.73 Å². The summed E-state index contributed by atoms with van der Waals surface area (Å²) >= 11 is 0. The molecule has 0 aromatic carbocycles. The van der Waals surface area contributed by atoms with E-state index in [-0.39, 0.29) is 0 Å². The van der Waals surface area contributed by atoms with Crippen LogP contribution in [0.2, 0.25) is 0 Å². The van der Waals surface area contributed by atoms with Crippen molar-refractivity contribution in [3.05, 3.63) is 18.2 Å². The van der Waals surface area contributed by atoms with E-state index in [0.29, 0.717) is 12.6 Å². The molecule has 114 valence electrons. The molecule has 20 heavy (non-hydrogen) atoms. The fraction of sp³-hybridized carbons (Fsp3) is 0.812. The normalized spacial score (nSPS) is 18.6. The molecule has 4 heteroatoms. The molecule has 0 spiro atoms. The zero-order valence-corrected chi connectivity index (χ0v) is 13.1. The molecule has 1 aliphatic rings. The molecule has 0 bridgehead atoms. The van der Waals surface area contributed by atoms with Gasteiger partial charge in [-0.2, -0.15) is 0 Å². The predicted molar refractivity (Wildman–Crippen MR) is 83.5 cm³/mol. The Morgan fingerprint density at radius 2 is 2.15 bits per heavy atom. The number of likely N-dealkylation sites (N-methyl/N-ethyl adjacent to an activating group) is 1. The molecule has 1 aliphatic carbocycles. The second kappa shape index (κ2) is 7.79. The fourth-order valence-corrected chi connectivity index (χ4v) is 3.47. The van der Waals surface area contributed by atoms with Crippen molar-refractivity contribution in [1.29, 1.82) is 0 Å². The first-order valence-electron chi connectivity index (χ1n) is 8.16. The Morgan fingerprint density at radius 3 is 2.80 bits per heavy atom. The van der Waals surface area contributed by atoms with Crippen molar-refractivity contribution in [3.63, 3.8) is 0 Å². The average molecular weight is 278 g/mol. The summed E-state index contributed by atoms with van der Waals surface area (Å²) < 4.78 is 2.26. The Labute approximate surface area is 123 Å². The van der Waals surface area contributed by atoms with Crippen molar-refractivity contribution in [2.45, 2.75) is 58.0 Å². The SMILES string of the molecule is CCCn1cncc1C(CN)N(C)CC1CCCCC1. The van der Waals surface area contributed by atoms with Gasteiger partial charge in [-0.05, 0) is 32.2 Å². The highest BCUT2D eigenvalue weighted by Crippen LogP contribution is 2.27. The van der Waals surface area contributed by atoms with Crippen LogP contribution in [0.25, 0.3) is 0 Å². The maximum Gasteiger partial charge on any atom is 0.0948 e. The van der Waals surface area contributed by atoms with Crippen molar-refractivity contribution in [1.82, 2.24) is 14.5 Å². The smallest absolute Gasteiger partial charge is 0.0948 e. The number of aromatic nitrogens is 2. The summed E-state index contributed by atoms with van der Waals surface area (Å²) in [7, 11) is 2.22. The monoisotopic (exact) mass is 278 g/mol. The number of aryl methyl sites for hydroxylation is 1. The minimum atomic E-state index is 0.297. The Hall–Kier alpha value is -0.870. The van der Waals surface area contributed by atoms with Crippen LogP contribution >= 0.6 is 0 Å². The molecule has 1 aromatic heterocycles. The second-order valence-electron chi connectivity index (χ2n) is 6.21. The summed E-state index contributed by atoms with van der Waals surface area (Å²) in [5.74, 6) is 0.852. The lowest BCUT2D eigenvalue weighted by Gasteiger charge is -2.32. The molecule has 0 radical (unpaired) electrons. The number of imidazole rings is 1. The van der Waals surface area contributed by atoms with Gasteiger partial charge in [0.1, 0.15) is 0 Å². The van der Waals surface area contributed by atoms with Gasteiger partial charge in [0.15, 0.2) is 0 Å². The predicted octanol–water partition coefficient (Wildman–Crippen LogP) is 2.81. The largest absolute Gasteiger partial charge is 0.333 e. The molecule has 1 aromatic rings. The molecule has 4 nitrogen and oxygen atoms in total. The van der Waals surface area contributed by atoms with Crippen molar-refractivity contribution in [2.24, 2.45) is 11.7 Å². The summed E-state index contributed by atoms with van der Waals surface area (Å²) in [5.41, 5.74) is 7.32. The molecular formula is C16H30N4. The number of nitrogens with two attached hydrogens (primary N) is 1. The fourth-order valence-electron chi connectivity index (χ4n) is 3.47. The van der Waals surface area contributed by atoms with Crippen LogP contribution in [0.4, 0.5) is 0 Å². The third-order valence-electron chi connectivity index (χ3n) is 4.58. The van der Waals surface area contributed by atoms with Gasteiger partial charge in [-0.15, -0.1) is 0 Å². The van der Waals surface area contributed by atoms with Gasteiger partial charge in [0.2, 0.25) is 0 Å². The number of hydrogen-bond donors (Lipinski definition) is 1. The van der Waals surface area contributed by atoms with E-state index in [0.717, 1.165) is 18.9 Å². The second-order valence-corrected chi connectivity index (χ2v) is 6.21. The summed E-state index contributed by atoms with van der Waals surface area (Å²) in [6, 6.07) is 0.297. The van der Waals surface area contributed by atoms with E-state index < -0.39 is 0 Å². The zero-order chi connectivity index (χ0) is 14.4. The van der Waals surface area contributed by atoms with Crippen molar-refractivity contribution in [2.75, 3.05) is 20.1 Å². The van der Waals surface area contributed by atoms with E-state index in [1.807, 2.05) is 12.5 Å². The Kier molecular flexibility index (Phi) is 6.05. The molecular weight excluding hydrogens is 248 g/mol. The van der Waals surface area contributed by atoms with Gasteiger partial charge < -0.3 is 10.3 Å². The van der Waals surface area contributed by atoms with E-state index in [9.17, 15) is 0 Å². The van der Waals surface area contributed by atoms with Gasteiger partial charge in [0, 0.05) is 25.8 Å². The molecule has 1 fully saturated rings. The van der Waals surface area contributed by atoms with Gasteiger partial charge in [0.05, 0.1) is 18.1 Å². The third-order valence-corrected chi connectivity index (χ3v) is 4.58. The highest BCUT2D eigenvalue weighted by Gasteiger charge is 2.23. The van der Waals surface area contributed by atoms with Gasteiger partial charge >= 0.3 is 0 Å². The van der Waals surface area contributed by atoms with E-state index in [1.54, 1.807) is 0 Å². The first kappa shape index (κ1) is 15.5. The summed E-state index contributed by atoms with van der Waals surface area (Å²) in [6.45, 7) is 5.06.